The minimum atomic E-state index is -0.145. The topological polar surface area (TPSA) is 67.2 Å². The van der Waals surface area contributed by atoms with Gasteiger partial charge in [0.05, 0.1) is 11.9 Å². The fraction of sp³-hybridized carbons (Fsp3) is 0.556. The van der Waals surface area contributed by atoms with Gasteiger partial charge in [-0.05, 0) is 26.2 Å². The van der Waals surface area contributed by atoms with E-state index in [4.69, 9.17) is 4.98 Å². The summed E-state index contributed by atoms with van der Waals surface area (Å²) in [4.78, 5) is 30.4. The molecular formula is C18H24N6O. The van der Waals surface area contributed by atoms with E-state index in [1.807, 2.05) is 24.7 Å². The van der Waals surface area contributed by atoms with Crippen LogP contribution in [0.25, 0.3) is 5.95 Å². The van der Waals surface area contributed by atoms with Crippen molar-refractivity contribution >= 4 is 17.4 Å². The van der Waals surface area contributed by atoms with E-state index in [-0.39, 0.29) is 11.9 Å². The smallest absolute Gasteiger partial charge is 0.249 e. The maximum Gasteiger partial charge on any atom is 0.249 e. The third kappa shape index (κ3) is 2.58. The number of carbonyl (C=O) groups excluding carboxylic acids is 1. The van der Waals surface area contributed by atoms with E-state index in [9.17, 15) is 4.79 Å². The van der Waals surface area contributed by atoms with Crippen molar-refractivity contribution in [3.63, 3.8) is 0 Å². The van der Waals surface area contributed by atoms with Gasteiger partial charge < -0.3 is 9.80 Å². The summed E-state index contributed by atoms with van der Waals surface area (Å²) < 4.78 is 1.83. The van der Waals surface area contributed by atoms with Crippen LogP contribution in [0.5, 0.6) is 0 Å². The first-order valence-corrected chi connectivity index (χ1v) is 9.04. The number of fused-ring (bicyclic) bond motifs is 1. The molecule has 2 aromatic rings. The highest BCUT2D eigenvalue weighted by atomic mass is 16.2. The van der Waals surface area contributed by atoms with Crippen LogP contribution in [-0.2, 0) is 4.79 Å². The van der Waals surface area contributed by atoms with Crippen LogP contribution in [0.2, 0.25) is 0 Å². The molecule has 2 aliphatic rings. The number of imidazole rings is 1. The Morgan fingerprint density at radius 3 is 2.64 bits per heavy atom. The second-order valence-corrected chi connectivity index (χ2v) is 6.97. The minimum Gasteiger partial charge on any atom is -0.340 e. The van der Waals surface area contributed by atoms with E-state index in [2.05, 4.69) is 21.8 Å². The Bertz CT molecular complexity index is 795. The van der Waals surface area contributed by atoms with Crippen LogP contribution in [0.15, 0.2) is 18.7 Å². The zero-order valence-corrected chi connectivity index (χ0v) is 15.0. The number of likely N-dealkylation sites (N-methyl/N-ethyl adjacent to an activating group) is 1. The first kappa shape index (κ1) is 16.1. The first-order chi connectivity index (χ1) is 12.1. The highest BCUT2D eigenvalue weighted by Gasteiger charge is 2.41. The van der Waals surface area contributed by atoms with Crippen LogP contribution in [0, 0.1) is 6.92 Å². The molecular weight excluding hydrogens is 316 g/mol. The summed E-state index contributed by atoms with van der Waals surface area (Å²) in [6, 6.07) is 0.237. The molecule has 0 bridgehead atoms. The Morgan fingerprint density at radius 1 is 1.24 bits per heavy atom. The maximum atomic E-state index is 12.9. The van der Waals surface area contributed by atoms with E-state index < -0.39 is 0 Å². The number of carbonyl (C=O) groups is 1. The molecule has 2 aromatic heterocycles. The first-order valence-electron chi connectivity index (χ1n) is 9.04. The molecule has 7 nitrogen and oxygen atoms in total. The van der Waals surface area contributed by atoms with Crippen molar-refractivity contribution < 1.29 is 4.79 Å². The molecule has 1 amide bonds. The van der Waals surface area contributed by atoms with Crippen molar-refractivity contribution in [2.75, 3.05) is 16.8 Å². The third-order valence-electron chi connectivity index (χ3n) is 5.34. The third-order valence-corrected chi connectivity index (χ3v) is 5.34. The van der Waals surface area contributed by atoms with Crippen molar-refractivity contribution in [3.05, 3.63) is 24.4 Å². The molecule has 25 heavy (non-hydrogen) atoms. The molecule has 1 aliphatic carbocycles. The van der Waals surface area contributed by atoms with E-state index in [0.717, 1.165) is 36.5 Å². The van der Waals surface area contributed by atoms with E-state index in [1.165, 1.54) is 12.8 Å². The van der Waals surface area contributed by atoms with Crippen LogP contribution in [0.1, 0.15) is 44.7 Å². The number of hydrogen-bond acceptors (Lipinski definition) is 5. The Kier molecular flexibility index (Phi) is 3.94. The number of amides is 1. The molecule has 3 heterocycles. The second kappa shape index (κ2) is 6.13. The fourth-order valence-corrected chi connectivity index (χ4v) is 4.03. The summed E-state index contributed by atoms with van der Waals surface area (Å²) in [5, 5.41) is 0. The van der Waals surface area contributed by atoms with E-state index >= 15 is 0 Å². The van der Waals surface area contributed by atoms with Crippen molar-refractivity contribution in [2.45, 2.75) is 58.0 Å². The van der Waals surface area contributed by atoms with Gasteiger partial charge in [-0.3, -0.25) is 9.36 Å². The fourth-order valence-electron chi connectivity index (χ4n) is 4.03. The van der Waals surface area contributed by atoms with E-state index in [0.29, 0.717) is 12.0 Å². The molecule has 1 atom stereocenters. The van der Waals surface area contributed by atoms with Crippen molar-refractivity contribution in [3.8, 4) is 5.95 Å². The molecule has 1 saturated carbocycles. The van der Waals surface area contributed by atoms with Crippen molar-refractivity contribution in [1.82, 2.24) is 19.5 Å². The molecule has 1 aliphatic heterocycles. The zero-order valence-electron chi connectivity index (χ0n) is 15.0. The number of nitrogens with zero attached hydrogens (tertiary/aromatic N) is 6. The number of hydrogen-bond donors (Lipinski definition) is 0. The molecule has 1 fully saturated rings. The normalized spacial score (nSPS) is 21.1. The van der Waals surface area contributed by atoms with Crippen LogP contribution >= 0.6 is 0 Å². The molecule has 0 spiro atoms. The standard InChI is InChI=1S/C18H24N6O/c1-4-14-17(25)22(3)15-9-19-18(23-10-12(2)20-11-23)21-16(15)24(14)13-7-5-6-8-13/h9-11,13-14H,4-8H2,1-3H3. The largest absolute Gasteiger partial charge is 0.340 e. The molecule has 0 aromatic carbocycles. The maximum absolute atomic E-state index is 12.9. The van der Waals surface area contributed by atoms with E-state index in [1.54, 1.807) is 17.4 Å². The van der Waals surface area contributed by atoms with Crippen LogP contribution < -0.4 is 9.80 Å². The van der Waals surface area contributed by atoms with Gasteiger partial charge in [0.25, 0.3) is 0 Å². The minimum absolute atomic E-state index is 0.136. The van der Waals surface area contributed by atoms with Gasteiger partial charge in [0.1, 0.15) is 18.1 Å². The van der Waals surface area contributed by atoms with Crippen LogP contribution in [0.3, 0.4) is 0 Å². The number of anilines is 2. The molecule has 0 N–H and O–H groups in total. The average molecular weight is 340 g/mol. The zero-order chi connectivity index (χ0) is 17.6. The number of aryl methyl sites for hydroxylation is 1. The Labute approximate surface area is 147 Å². The summed E-state index contributed by atoms with van der Waals surface area (Å²) in [6.45, 7) is 4.02. The average Bonchev–Trinajstić information content (AvgIpc) is 3.29. The lowest BCUT2D eigenvalue weighted by atomic mass is 10.0. The summed E-state index contributed by atoms with van der Waals surface area (Å²) in [6.07, 6.45) is 10.9. The monoisotopic (exact) mass is 340 g/mol. The lowest BCUT2D eigenvalue weighted by Crippen LogP contribution is -2.55. The summed E-state index contributed by atoms with van der Waals surface area (Å²) >= 11 is 0. The van der Waals surface area contributed by atoms with Gasteiger partial charge in [0, 0.05) is 19.3 Å². The second-order valence-electron chi connectivity index (χ2n) is 6.97. The molecule has 7 heteroatoms. The van der Waals surface area contributed by atoms with Gasteiger partial charge >= 0.3 is 0 Å². The van der Waals surface area contributed by atoms with Gasteiger partial charge in [-0.25, -0.2) is 9.97 Å². The highest BCUT2D eigenvalue weighted by Crippen LogP contribution is 2.39. The van der Waals surface area contributed by atoms with Crippen LogP contribution in [0.4, 0.5) is 11.5 Å². The SMILES string of the molecule is CCC1C(=O)N(C)c2cnc(-n3cnc(C)c3)nc2N1C1CCCC1. The van der Waals surface area contributed by atoms with Gasteiger partial charge in [-0.15, -0.1) is 0 Å². The molecule has 132 valence electrons. The predicted octanol–water partition coefficient (Wildman–Crippen LogP) is 2.47. The van der Waals surface area contributed by atoms with Gasteiger partial charge in [-0.1, -0.05) is 19.8 Å². The summed E-state index contributed by atoms with van der Waals surface area (Å²) in [7, 11) is 1.82. The summed E-state index contributed by atoms with van der Waals surface area (Å²) in [5.41, 5.74) is 1.72. The lowest BCUT2D eigenvalue weighted by Gasteiger charge is -2.43. The summed E-state index contributed by atoms with van der Waals surface area (Å²) in [5.74, 6) is 1.61. The molecule has 0 radical (unpaired) electrons. The lowest BCUT2D eigenvalue weighted by molar-refractivity contribution is -0.120. The molecule has 0 saturated heterocycles. The van der Waals surface area contributed by atoms with Crippen molar-refractivity contribution in [1.29, 1.82) is 0 Å². The van der Waals surface area contributed by atoms with Gasteiger partial charge in [0.2, 0.25) is 11.9 Å². The Balaban J connectivity index is 1.84. The van der Waals surface area contributed by atoms with Gasteiger partial charge in [0.15, 0.2) is 5.82 Å². The highest BCUT2D eigenvalue weighted by molar-refractivity contribution is 6.04. The quantitative estimate of drug-likeness (QED) is 0.859. The molecule has 4 rings (SSSR count). The Hall–Kier alpha value is -2.44. The molecule has 1 unspecified atom stereocenters. The van der Waals surface area contributed by atoms with Crippen LogP contribution in [-0.4, -0.2) is 44.6 Å². The Morgan fingerprint density at radius 2 is 2.00 bits per heavy atom. The predicted molar refractivity (Wildman–Crippen MR) is 96.1 cm³/mol. The number of aromatic nitrogens is 4. The van der Waals surface area contributed by atoms with Gasteiger partial charge in [-0.2, -0.15) is 4.98 Å². The van der Waals surface area contributed by atoms with Crippen molar-refractivity contribution in [2.24, 2.45) is 0 Å². The number of rotatable bonds is 3.